The lowest BCUT2D eigenvalue weighted by molar-refractivity contribution is -0.384. The van der Waals surface area contributed by atoms with Crippen LogP contribution in [0.3, 0.4) is 0 Å². The summed E-state index contributed by atoms with van der Waals surface area (Å²) < 4.78 is 0.530. The lowest BCUT2D eigenvalue weighted by atomic mass is 10.1. The molecule has 0 bridgehead atoms. The molecule has 0 atom stereocenters. The molecule has 7 nitrogen and oxygen atoms in total. The van der Waals surface area contributed by atoms with Crippen molar-refractivity contribution in [1.29, 1.82) is 0 Å². The van der Waals surface area contributed by atoms with Crippen molar-refractivity contribution in [2.75, 3.05) is 0 Å². The number of carboxylic acids is 1. The van der Waals surface area contributed by atoms with Crippen molar-refractivity contribution >= 4 is 40.2 Å². The lowest BCUT2D eigenvalue weighted by Gasteiger charge is -2.13. The van der Waals surface area contributed by atoms with Gasteiger partial charge in [0, 0.05) is 15.7 Å². The van der Waals surface area contributed by atoms with Gasteiger partial charge in [0.2, 0.25) is 0 Å². The van der Waals surface area contributed by atoms with E-state index in [1.165, 1.54) is 12.1 Å². The molecule has 0 heterocycles. The third-order valence-electron chi connectivity index (χ3n) is 2.92. The van der Waals surface area contributed by atoms with Crippen LogP contribution in [0, 0.1) is 13.7 Å². The molecule has 0 unspecified atom stereocenters. The van der Waals surface area contributed by atoms with Crippen LogP contribution in [0.2, 0.25) is 0 Å². The molecule has 8 heteroatoms. The Morgan fingerprint density at radius 2 is 2.05 bits per heavy atom. The highest BCUT2D eigenvalue weighted by atomic mass is 127. The number of nitro groups is 1. The minimum Gasteiger partial charge on any atom is -0.480 e. The summed E-state index contributed by atoms with van der Waals surface area (Å²) in [6, 6.07) is 3.89. The third-order valence-corrected chi connectivity index (χ3v) is 3.86. The molecule has 1 aromatic carbocycles. The van der Waals surface area contributed by atoms with E-state index in [0.717, 1.165) is 6.07 Å². The lowest BCUT2D eigenvalue weighted by Crippen LogP contribution is -2.43. The summed E-state index contributed by atoms with van der Waals surface area (Å²) in [5.41, 5.74) is -1.29. The number of carbonyl (C=O) groups is 2. The number of carbonyl (C=O) groups excluding carboxylic acids is 1. The summed E-state index contributed by atoms with van der Waals surface area (Å²) in [6.07, 6.45) is 0.749. The molecule has 1 saturated carbocycles. The number of benzene rings is 1. The first kappa shape index (κ1) is 13.7. The van der Waals surface area contributed by atoms with Crippen LogP contribution in [-0.4, -0.2) is 27.4 Å². The molecule has 1 amide bonds. The SMILES string of the molecule is O=C(NC1(C(=O)O)CC1)c1cc([N+](=O)[O-])ccc1I. The summed E-state index contributed by atoms with van der Waals surface area (Å²) in [5, 5.41) is 22.1. The second kappa shape index (κ2) is 4.76. The first-order valence-corrected chi connectivity index (χ1v) is 6.43. The van der Waals surface area contributed by atoms with Crippen molar-refractivity contribution in [3.63, 3.8) is 0 Å². The second-order valence-corrected chi connectivity index (χ2v) is 5.42. The van der Waals surface area contributed by atoms with Crippen LogP contribution >= 0.6 is 22.6 Å². The summed E-state index contributed by atoms with van der Waals surface area (Å²) >= 11 is 1.87. The minimum absolute atomic E-state index is 0.113. The van der Waals surface area contributed by atoms with Crippen molar-refractivity contribution < 1.29 is 19.6 Å². The molecule has 0 saturated heterocycles. The highest BCUT2D eigenvalue weighted by molar-refractivity contribution is 14.1. The zero-order chi connectivity index (χ0) is 14.2. The molecular weight excluding hydrogens is 367 g/mol. The summed E-state index contributed by atoms with van der Waals surface area (Å²) in [7, 11) is 0. The standard InChI is InChI=1S/C11H9IN2O5/c12-8-2-1-6(14(18)19)5-7(8)9(15)13-11(3-4-11)10(16)17/h1-2,5H,3-4H2,(H,13,15)(H,16,17). The van der Waals surface area contributed by atoms with Gasteiger partial charge in [0.1, 0.15) is 5.54 Å². The first-order chi connectivity index (χ1) is 8.85. The Morgan fingerprint density at radius 3 is 2.53 bits per heavy atom. The zero-order valence-corrected chi connectivity index (χ0v) is 11.7. The normalized spacial score (nSPS) is 15.6. The number of non-ortho nitro benzene ring substituents is 1. The van der Waals surface area contributed by atoms with Crippen LogP contribution in [-0.2, 0) is 4.79 Å². The molecule has 0 radical (unpaired) electrons. The zero-order valence-electron chi connectivity index (χ0n) is 9.55. The number of hydrogen-bond acceptors (Lipinski definition) is 4. The molecular formula is C11H9IN2O5. The molecule has 0 aromatic heterocycles. The van der Waals surface area contributed by atoms with Crippen LogP contribution in [0.25, 0.3) is 0 Å². The van der Waals surface area contributed by atoms with Gasteiger partial charge in [-0.25, -0.2) is 4.79 Å². The van der Waals surface area contributed by atoms with E-state index in [4.69, 9.17) is 5.11 Å². The molecule has 0 spiro atoms. The van der Waals surface area contributed by atoms with Gasteiger partial charge in [0.25, 0.3) is 11.6 Å². The van der Waals surface area contributed by atoms with Gasteiger partial charge in [-0.15, -0.1) is 0 Å². The highest BCUT2D eigenvalue weighted by Gasteiger charge is 2.51. The molecule has 19 heavy (non-hydrogen) atoms. The van der Waals surface area contributed by atoms with Gasteiger partial charge in [-0.2, -0.15) is 0 Å². The molecule has 1 aromatic rings. The number of rotatable bonds is 4. The third kappa shape index (κ3) is 2.67. The average Bonchev–Trinajstić information content (AvgIpc) is 3.10. The number of nitrogens with one attached hydrogen (secondary N) is 1. The second-order valence-electron chi connectivity index (χ2n) is 4.26. The number of amides is 1. The Labute approximate surface area is 121 Å². The fraction of sp³-hybridized carbons (Fsp3) is 0.273. The van der Waals surface area contributed by atoms with Gasteiger partial charge in [-0.1, -0.05) is 0 Å². The molecule has 2 rings (SSSR count). The van der Waals surface area contributed by atoms with E-state index in [2.05, 4.69) is 5.32 Å². The quantitative estimate of drug-likeness (QED) is 0.471. The van der Waals surface area contributed by atoms with Gasteiger partial charge in [-0.3, -0.25) is 14.9 Å². The van der Waals surface area contributed by atoms with Gasteiger partial charge >= 0.3 is 5.97 Å². The fourth-order valence-corrected chi connectivity index (χ4v) is 2.18. The molecule has 0 aliphatic heterocycles. The smallest absolute Gasteiger partial charge is 0.329 e. The Morgan fingerprint density at radius 1 is 1.42 bits per heavy atom. The van der Waals surface area contributed by atoms with Crippen LogP contribution in [0.4, 0.5) is 5.69 Å². The first-order valence-electron chi connectivity index (χ1n) is 5.35. The van der Waals surface area contributed by atoms with Crippen molar-refractivity contribution in [3.05, 3.63) is 37.4 Å². The number of carboxylic acid groups (broad SMARTS) is 1. The summed E-state index contributed by atoms with van der Waals surface area (Å²) in [6.45, 7) is 0. The van der Waals surface area contributed by atoms with Crippen LogP contribution in [0.1, 0.15) is 23.2 Å². The molecule has 1 aliphatic rings. The van der Waals surface area contributed by atoms with E-state index < -0.39 is 22.3 Å². The molecule has 1 aliphatic carbocycles. The maximum Gasteiger partial charge on any atom is 0.329 e. The Bertz CT molecular complexity index is 582. The van der Waals surface area contributed by atoms with E-state index in [0.29, 0.717) is 16.4 Å². The maximum atomic E-state index is 12.0. The number of nitrogens with zero attached hydrogens (tertiary/aromatic N) is 1. The highest BCUT2D eigenvalue weighted by Crippen LogP contribution is 2.36. The maximum absolute atomic E-state index is 12.0. The van der Waals surface area contributed by atoms with Crippen molar-refractivity contribution in [2.24, 2.45) is 0 Å². The molecule has 1 fully saturated rings. The molecule has 100 valence electrons. The Hall–Kier alpha value is -1.71. The fourth-order valence-electron chi connectivity index (χ4n) is 1.60. The predicted octanol–water partition coefficient (Wildman–Crippen LogP) is 1.55. The average molecular weight is 376 g/mol. The van der Waals surface area contributed by atoms with E-state index in [1.807, 2.05) is 22.6 Å². The number of halogens is 1. The van der Waals surface area contributed by atoms with Crippen molar-refractivity contribution in [2.45, 2.75) is 18.4 Å². The summed E-state index contributed by atoms with van der Waals surface area (Å²) in [5.74, 6) is -1.69. The summed E-state index contributed by atoms with van der Waals surface area (Å²) in [4.78, 5) is 33.1. The van der Waals surface area contributed by atoms with E-state index >= 15 is 0 Å². The number of hydrogen-bond donors (Lipinski definition) is 2. The van der Waals surface area contributed by atoms with Crippen molar-refractivity contribution in [3.8, 4) is 0 Å². The Balaban J connectivity index is 2.26. The van der Waals surface area contributed by atoms with Crippen LogP contribution in [0.5, 0.6) is 0 Å². The predicted molar refractivity (Wildman–Crippen MR) is 72.9 cm³/mol. The van der Waals surface area contributed by atoms with Crippen LogP contribution < -0.4 is 5.32 Å². The van der Waals surface area contributed by atoms with Gasteiger partial charge < -0.3 is 10.4 Å². The van der Waals surface area contributed by atoms with E-state index in [-0.39, 0.29) is 11.3 Å². The Kier molecular flexibility index (Phi) is 3.43. The van der Waals surface area contributed by atoms with Gasteiger partial charge in [0.15, 0.2) is 0 Å². The largest absolute Gasteiger partial charge is 0.480 e. The van der Waals surface area contributed by atoms with Crippen molar-refractivity contribution in [1.82, 2.24) is 5.32 Å². The van der Waals surface area contributed by atoms with E-state index in [1.54, 1.807) is 0 Å². The minimum atomic E-state index is -1.20. The number of nitro benzene ring substituents is 1. The van der Waals surface area contributed by atoms with Crippen LogP contribution in [0.15, 0.2) is 18.2 Å². The van der Waals surface area contributed by atoms with E-state index in [9.17, 15) is 19.7 Å². The van der Waals surface area contributed by atoms with Gasteiger partial charge in [-0.05, 0) is 41.5 Å². The number of aliphatic carboxylic acids is 1. The topological polar surface area (TPSA) is 110 Å². The monoisotopic (exact) mass is 376 g/mol. The molecule has 2 N–H and O–H groups in total. The van der Waals surface area contributed by atoms with Gasteiger partial charge in [0.05, 0.1) is 10.5 Å².